The summed E-state index contributed by atoms with van der Waals surface area (Å²) in [5.74, 6) is 1.04. The molecule has 1 saturated carbocycles. The van der Waals surface area contributed by atoms with E-state index >= 15 is 0 Å². The minimum absolute atomic E-state index is 0.179. The lowest BCUT2D eigenvalue weighted by Crippen LogP contribution is -2.33. The minimum atomic E-state index is -0.179. The van der Waals surface area contributed by atoms with Gasteiger partial charge in [-0.25, -0.2) is 14.6 Å². The second kappa shape index (κ2) is 9.04. The summed E-state index contributed by atoms with van der Waals surface area (Å²) in [6.45, 7) is 0. The van der Waals surface area contributed by atoms with Gasteiger partial charge in [-0.2, -0.15) is 0 Å². The molecule has 1 fully saturated rings. The van der Waals surface area contributed by atoms with Gasteiger partial charge in [0.25, 0.3) is 5.91 Å². The van der Waals surface area contributed by atoms with Crippen LogP contribution in [0.2, 0.25) is 0 Å². The molecule has 29 heavy (non-hydrogen) atoms. The molecule has 0 saturated heterocycles. The molecule has 1 aromatic carbocycles. The summed E-state index contributed by atoms with van der Waals surface area (Å²) in [4.78, 5) is 21.4. The fraction of sp³-hybridized carbons (Fsp3) is 0.350. The van der Waals surface area contributed by atoms with Crippen LogP contribution in [0.5, 0.6) is 5.75 Å². The van der Waals surface area contributed by atoms with E-state index in [1.807, 2.05) is 24.3 Å². The van der Waals surface area contributed by atoms with Gasteiger partial charge in [-0.15, -0.1) is 5.10 Å². The molecule has 0 atom stereocenters. The molecule has 1 N–H and O–H groups in total. The lowest BCUT2D eigenvalue weighted by Gasteiger charge is -2.12. The monoisotopic (exact) mass is 410 g/mol. The Morgan fingerprint density at radius 3 is 2.62 bits per heavy atom. The summed E-state index contributed by atoms with van der Waals surface area (Å²) >= 11 is 1.44. The number of rotatable bonds is 7. The van der Waals surface area contributed by atoms with Crippen molar-refractivity contribution in [2.75, 3.05) is 7.11 Å². The molecule has 8 nitrogen and oxygen atoms in total. The van der Waals surface area contributed by atoms with Gasteiger partial charge >= 0.3 is 0 Å². The molecule has 4 rings (SSSR count). The maximum absolute atomic E-state index is 12.9. The highest BCUT2D eigenvalue weighted by atomic mass is 32.2. The first-order valence-corrected chi connectivity index (χ1v) is 10.5. The van der Waals surface area contributed by atoms with E-state index in [-0.39, 0.29) is 11.9 Å². The number of benzene rings is 1. The number of nitrogens with zero attached hydrogens (tertiary/aromatic N) is 5. The molecule has 0 radical (unpaired) electrons. The second-order valence-electron chi connectivity index (χ2n) is 6.77. The third-order valence-corrected chi connectivity index (χ3v) is 5.75. The number of aromatic nitrogens is 5. The molecule has 0 spiro atoms. The van der Waals surface area contributed by atoms with Crippen LogP contribution in [0.25, 0.3) is 5.69 Å². The van der Waals surface area contributed by atoms with E-state index in [0.717, 1.165) is 37.1 Å². The summed E-state index contributed by atoms with van der Waals surface area (Å²) in [5, 5.41) is 12.2. The van der Waals surface area contributed by atoms with Crippen LogP contribution in [0.15, 0.2) is 47.9 Å². The number of thioether (sulfide) groups is 1. The molecule has 1 amide bonds. The number of amides is 1. The van der Waals surface area contributed by atoms with Crippen molar-refractivity contribution in [3.8, 4) is 11.4 Å². The standard InChI is InChI=1S/C20H22N6O2S/c1-28-16-9-7-15(8-10-16)26-17(13-29-20-21-11-4-12-22-20)18(24-25-26)19(27)23-14-5-2-3-6-14/h4,7-12,14H,2-3,5-6,13H2,1H3,(H,23,27). The molecule has 0 unspecified atom stereocenters. The van der Waals surface area contributed by atoms with E-state index in [2.05, 4.69) is 25.6 Å². The average molecular weight is 411 g/mol. The molecule has 3 aromatic rings. The van der Waals surface area contributed by atoms with Crippen molar-refractivity contribution in [2.24, 2.45) is 0 Å². The van der Waals surface area contributed by atoms with E-state index in [1.54, 1.807) is 30.3 Å². The molecule has 0 aliphatic heterocycles. The van der Waals surface area contributed by atoms with Gasteiger partial charge in [0.05, 0.1) is 18.5 Å². The molecular weight excluding hydrogens is 388 g/mol. The van der Waals surface area contributed by atoms with Crippen LogP contribution in [0.1, 0.15) is 41.9 Å². The van der Waals surface area contributed by atoms with E-state index in [9.17, 15) is 4.79 Å². The van der Waals surface area contributed by atoms with Crippen molar-refractivity contribution < 1.29 is 9.53 Å². The summed E-state index contributed by atoms with van der Waals surface area (Å²) in [6.07, 6.45) is 7.72. The van der Waals surface area contributed by atoms with Crippen molar-refractivity contribution in [3.63, 3.8) is 0 Å². The Hall–Kier alpha value is -2.94. The van der Waals surface area contributed by atoms with Gasteiger partial charge in [-0.05, 0) is 43.2 Å². The first-order valence-electron chi connectivity index (χ1n) is 9.54. The number of carbonyl (C=O) groups excluding carboxylic acids is 1. The lowest BCUT2D eigenvalue weighted by atomic mass is 10.2. The van der Waals surface area contributed by atoms with Crippen LogP contribution in [0, 0.1) is 0 Å². The maximum atomic E-state index is 12.9. The van der Waals surface area contributed by atoms with E-state index in [0.29, 0.717) is 22.3 Å². The highest BCUT2D eigenvalue weighted by molar-refractivity contribution is 7.98. The Labute approximate surface area is 173 Å². The first kappa shape index (κ1) is 19.4. The van der Waals surface area contributed by atoms with Gasteiger partial charge in [-0.3, -0.25) is 4.79 Å². The molecule has 9 heteroatoms. The van der Waals surface area contributed by atoms with Gasteiger partial charge in [0.2, 0.25) is 0 Å². The summed E-state index contributed by atoms with van der Waals surface area (Å²) in [5.41, 5.74) is 1.86. The predicted molar refractivity (Wildman–Crippen MR) is 109 cm³/mol. The SMILES string of the molecule is COc1ccc(-n2nnc(C(=O)NC3CCCC3)c2CSc2ncccn2)cc1. The van der Waals surface area contributed by atoms with Crippen molar-refractivity contribution in [1.82, 2.24) is 30.3 Å². The Balaban J connectivity index is 1.62. The van der Waals surface area contributed by atoms with Gasteiger partial charge in [0.1, 0.15) is 5.75 Å². The van der Waals surface area contributed by atoms with Gasteiger partial charge < -0.3 is 10.1 Å². The predicted octanol–water partition coefficient (Wildman–Crippen LogP) is 3.03. The van der Waals surface area contributed by atoms with Crippen LogP contribution in [-0.2, 0) is 5.75 Å². The van der Waals surface area contributed by atoms with Crippen molar-refractivity contribution in [3.05, 3.63) is 54.1 Å². The zero-order chi connectivity index (χ0) is 20.1. The smallest absolute Gasteiger partial charge is 0.274 e. The second-order valence-corrected chi connectivity index (χ2v) is 7.71. The number of methoxy groups -OCH3 is 1. The van der Waals surface area contributed by atoms with E-state index < -0.39 is 0 Å². The number of carbonyl (C=O) groups is 1. The first-order chi connectivity index (χ1) is 14.2. The number of hydrogen-bond acceptors (Lipinski definition) is 7. The topological polar surface area (TPSA) is 94.8 Å². The Kier molecular flexibility index (Phi) is 6.04. The molecule has 1 aliphatic rings. The molecule has 0 bridgehead atoms. The molecule has 2 heterocycles. The number of ether oxygens (including phenoxy) is 1. The number of hydrogen-bond donors (Lipinski definition) is 1. The summed E-state index contributed by atoms with van der Waals surface area (Å²) in [6, 6.07) is 9.47. The highest BCUT2D eigenvalue weighted by Crippen LogP contribution is 2.24. The van der Waals surface area contributed by atoms with Crippen molar-refractivity contribution in [2.45, 2.75) is 42.6 Å². The summed E-state index contributed by atoms with van der Waals surface area (Å²) < 4.78 is 6.92. The molecule has 2 aromatic heterocycles. The molecule has 1 aliphatic carbocycles. The third-order valence-electron chi connectivity index (χ3n) is 4.87. The molecular formula is C20H22N6O2S. The molecule has 150 valence electrons. The Morgan fingerprint density at radius 2 is 1.93 bits per heavy atom. The normalized spacial score (nSPS) is 14.1. The Bertz CT molecular complexity index is 955. The maximum Gasteiger partial charge on any atom is 0.274 e. The zero-order valence-electron chi connectivity index (χ0n) is 16.1. The fourth-order valence-corrected chi connectivity index (χ4v) is 4.15. The van der Waals surface area contributed by atoms with E-state index in [1.165, 1.54) is 11.8 Å². The Morgan fingerprint density at radius 1 is 1.21 bits per heavy atom. The van der Waals surface area contributed by atoms with Crippen LogP contribution in [-0.4, -0.2) is 44.0 Å². The van der Waals surface area contributed by atoms with Crippen LogP contribution >= 0.6 is 11.8 Å². The van der Waals surface area contributed by atoms with E-state index in [4.69, 9.17) is 4.74 Å². The van der Waals surface area contributed by atoms with Gasteiger partial charge in [-0.1, -0.05) is 29.8 Å². The highest BCUT2D eigenvalue weighted by Gasteiger charge is 2.24. The van der Waals surface area contributed by atoms with Gasteiger partial charge in [0.15, 0.2) is 10.9 Å². The van der Waals surface area contributed by atoms with Crippen molar-refractivity contribution in [1.29, 1.82) is 0 Å². The third kappa shape index (κ3) is 4.56. The van der Waals surface area contributed by atoms with Crippen LogP contribution in [0.3, 0.4) is 0 Å². The zero-order valence-corrected chi connectivity index (χ0v) is 16.9. The van der Waals surface area contributed by atoms with Gasteiger partial charge in [0, 0.05) is 24.2 Å². The minimum Gasteiger partial charge on any atom is -0.497 e. The summed E-state index contributed by atoms with van der Waals surface area (Å²) in [7, 11) is 1.62. The van der Waals surface area contributed by atoms with Crippen molar-refractivity contribution >= 4 is 17.7 Å². The quantitative estimate of drug-likeness (QED) is 0.472. The lowest BCUT2D eigenvalue weighted by molar-refractivity contribution is 0.0932. The average Bonchev–Trinajstić information content (AvgIpc) is 3.43. The fourth-order valence-electron chi connectivity index (χ4n) is 3.36. The largest absolute Gasteiger partial charge is 0.497 e. The number of nitrogens with one attached hydrogen (secondary N) is 1. The van der Waals surface area contributed by atoms with Crippen LogP contribution in [0.4, 0.5) is 0 Å². The van der Waals surface area contributed by atoms with Crippen LogP contribution < -0.4 is 10.1 Å².